The first-order valence-corrected chi connectivity index (χ1v) is 7.36. The van der Waals surface area contributed by atoms with Crippen LogP contribution in [-0.4, -0.2) is 17.6 Å². The SMILES string of the molecule is Cc1cccc(OC2CCC(c3ccc[nH]c3=O)NC2)c1. The van der Waals surface area contributed by atoms with Gasteiger partial charge in [-0.2, -0.15) is 0 Å². The van der Waals surface area contributed by atoms with Gasteiger partial charge in [-0.1, -0.05) is 18.2 Å². The molecule has 21 heavy (non-hydrogen) atoms. The number of ether oxygens (including phenoxy) is 1. The zero-order chi connectivity index (χ0) is 14.7. The summed E-state index contributed by atoms with van der Waals surface area (Å²) in [5.74, 6) is 0.915. The van der Waals surface area contributed by atoms with Crippen molar-refractivity contribution in [3.05, 3.63) is 64.1 Å². The first kappa shape index (κ1) is 13.9. The van der Waals surface area contributed by atoms with E-state index in [-0.39, 0.29) is 17.7 Å². The molecule has 1 fully saturated rings. The molecule has 0 radical (unpaired) electrons. The Morgan fingerprint density at radius 1 is 1.19 bits per heavy atom. The zero-order valence-electron chi connectivity index (χ0n) is 12.1. The number of nitrogens with one attached hydrogen (secondary N) is 2. The van der Waals surface area contributed by atoms with E-state index in [1.807, 2.05) is 30.3 Å². The van der Waals surface area contributed by atoms with Crippen LogP contribution >= 0.6 is 0 Å². The van der Waals surface area contributed by atoms with E-state index in [9.17, 15) is 4.79 Å². The zero-order valence-corrected chi connectivity index (χ0v) is 12.1. The van der Waals surface area contributed by atoms with Crippen LogP contribution in [0.2, 0.25) is 0 Å². The lowest BCUT2D eigenvalue weighted by molar-refractivity contribution is 0.149. The molecule has 0 bridgehead atoms. The Morgan fingerprint density at radius 2 is 2.10 bits per heavy atom. The summed E-state index contributed by atoms with van der Waals surface area (Å²) in [5, 5.41) is 3.42. The predicted octanol–water partition coefficient (Wildman–Crippen LogP) is 2.56. The van der Waals surface area contributed by atoms with Crippen molar-refractivity contribution >= 4 is 0 Å². The fourth-order valence-corrected chi connectivity index (χ4v) is 2.79. The van der Waals surface area contributed by atoms with Crippen LogP contribution in [0.15, 0.2) is 47.4 Å². The van der Waals surface area contributed by atoms with Crippen molar-refractivity contribution in [2.24, 2.45) is 0 Å². The number of aryl methyl sites for hydroxylation is 1. The Balaban J connectivity index is 1.61. The Morgan fingerprint density at radius 3 is 2.81 bits per heavy atom. The van der Waals surface area contributed by atoms with E-state index < -0.39 is 0 Å². The number of piperidine rings is 1. The molecule has 4 heteroatoms. The first-order valence-electron chi connectivity index (χ1n) is 7.36. The second kappa shape index (κ2) is 6.14. The molecule has 0 amide bonds. The molecule has 0 aliphatic carbocycles. The van der Waals surface area contributed by atoms with E-state index in [1.54, 1.807) is 6.20 Å². The second-order valence-electron chi connectivity index (χ2n) is 5.55. The molecule has 2 heterocycles. The Hall–Kier alpha value is -2.07. The van der Waals surface area contributed by atoms with Gasteiger partial charge in [0.1, 0.15) is 11.9 Å². The lowest BCUT2D eigenvalue weighted by atomic mass is 9.97. The number of pyridine rings is 1. The van der Waals surface area contributed by atoms with Crippen LogP contribution in [0.3, 0.4) is 0 Å². The van der Waals surface area contributed by atoms with Crippen LogP contribution < -0.4 is 15.6 Å². The molecule has 3 rings (SSSR count). The second-order valence-corrected chi connectivity index (χ2v) is 5.55. The van der Waals surface area contributed by atoms with Crippen LogP contribution in [0.5, 0.6) is 5.75 Å². The fourth-order valence-electron chi connectivity index (χ4n) is 2.79. The minimum absolute atomic E-state index is 0.00643. The summed E-state index contributed by atoms with van der Waals surface area (Å²) in [4.78, 5) is 14.5. The molecule has 0 spiro atoms. The lowest BCUT2D eigenvalue weighted by Crippen LogP contribution is -2.41. The molecule has 1 aliphatic rings. The van der Waals surface area contributed by atoms with Crippen molar-refractivity contribution in [1.82, 2.24) is 10.3 Å². The van der Waals surface area contributed by atoms with Gasteiger partial charge >= 0.3 is 0 Å². The fraction of sp³-hybridized carbons (Fsp3) is 0.353. The van der Waals surface area contributed by atoms with E-state index in [0.29, 0.717) is 0 Å². The maximum atomic E-state index is 11.8. The molecule has 110 valence electrons. The molecule has 1 aliphatic heterocycles. The quantitative estimate of drug-likeness (QED) is 0.910. The molecule has 1 saturated heterocycles. The topological polar surface area (TPSA) is 54.1 Å². The summed E-state index contributed by atoms with van der Waals surface area (Å²) >= 11 is 0. The molecule has 1 aromatic heterocycles. The summed E-state index contributed by atoms with van der Waals surface area (Å²) in [6, 6.07) is 12.0. The minimum Gasteiger partial charge on any atom is -0.489 e. The largest absolute Gasteiger partial charge is 0.489 e. The first-order chi connectivity index (χ1) is 10.2. The van der Waals surface area contributed by atoms with Crippen LogP contribution in [0.4, 0.5) is 0 Å². The van der Waals surface area contributed by atoms with Crippen LogP contribution in [0.25, 0.3) is 0 Å². The van der Waals surface area contributed by atoms with E-state index in [4.69, 9.17) is 4.74 Å². The number of hydrogen-bond donors (Lipinski definition) is 2. The Bertz CT molecular complexity index is 658. The van der Waals surface area contributed by atoms with Gasteiger partial charge < -0.3 is 15.0 Å². The maximum absolute atomic E-state index is 11.8. The highest BCUT2D eigenvalue weighted by atomic mass is 16.5. The van der Waals surface area contributed by atoms with Crippen molar-refractivity contribution in [2.45, 2.75) is 31.9 Å². The standard InChI is InChI=1S/C17H20N2O2/c1-12-4-2-5-13(10-12)21-14-7-8-16(19-11-14)15-6-3-9-18-17(15)20/h2-6,9-10,14,16,19H,7-8,11H2,1H3,(H,18,20). The molecule has 1 aromatic carbocycles. The van der Waals surface area contributed by atoms with Crippen LogP contribution in [0.1, 0.15) is 30.0 Å². The number of hydrogen-bond acceptors (Lipinski definition) is 3. The Labute approximate surface area is 124 Å². The van der Waals surface area contributed by atoms with Crippen molar-refractivity contribution in [2.75, 3.05) is 6.54 Å². The molecule has 2 aromatic rings. The van der Waals surface area contributed by atoms with Gasteiger partial charge in [0.05, 0.1) is 0 Å². The highest BCUT2D eigenvalue weighted by Crippen LogP contribution is 2.23. The van der Waals surface area contributed by atoms with Gasteiger partial charge in [-0.25, -0.2) is 0 Å². The van der Waals surface area contributed by atoms with Crippen LogP contribution in [-0.2, 0) is 0 Å². The lowest BCUT2D eigenvalue weighted by Gasteiger charge is -2.30. The van der Waals surface area contributed by atoms with Gasteiger partial charge in [-0.3, -0.25) is 4.79 Å². The van der Waals surface area contributed by atoms with Crippen LogP contribution in [0, 0.1) is 6.92 Å². The third-order valence-corrected chi connectivity index (χ3v) is 3.89. The molecular weight excluding hydrogens is 264 g/mol. The van der Waals surface area contributed by atoms with Gasteiger partial charge in [-0.05, 0) is 43.5 Å². The third kappa shape index (κ3) is 3.34. The molecule has 2 unspecified atom stereocenters. The smallest absolute Gasteiger partial charge is 0.252 e. The highest BCUT2D eigenvalue weighted by molar-refractivity contribution is 5.27. The molecule has 2 N–H and O–H groups in total. The summed E-state index contributed by atoms with van der Waals surface area (Å²) in [6.07, 6.45) is 3.67. The molecule has 2 atom stereocenters. The van der Waals surface area contributed by atoms with E-state index in [0.717, 1.165) is 30.7 Å². The van der Waals surface area contributed by atoms with Gasteiger partial charge in [0.15, 0.2) is 0 Å². The van der Waals surface area contributed by atoms with Gasteiger partial charge in [0, 0.05) is 24.3 Å². The number of aromatic amines is 1. The number of aromatic nitrogens is 1. The molecular formula is C17H20N2O2. The maximum Gasteiger partial charge on any atom is 0.252 e. The van der Waals surface area contributed by atoms with E-state index >= 15 is 0 Å². The third-order valence-electron chi connectivity index (χ3n) is 3.89. The van der Waals surface area contributed by atoms with Gasteiger partial charge in [0.25, 0.3) is 5.56 Å². The van der Waals surface area contributed by atoms with Crippen molar-refractivity contribution in [1.29, 1.82) is 0 Å². The van der Waals surface area contributed by atoms with Gasteiger partial charge in [-0.15, -0.1) is 0 Å². The summed E-state index contributed by atoms with van der Waals surface area (Å²) in [7, 11) is 0. The van der Waals surface area contributed by atoms with Gasteiger partial charge in [0.2, 0.25) is 0 Å². The number of H-pyrrole nitrogens is 1. The predicted molar refractivity (Wildman–Crippen MR) is 82.6 cm³/mol. The Kier molecular flexibility index (Phi) is 4.06. The number of benzene rings is 1. The summed E-state index contributed by atoms with van der Waals surface area (Å²) < 4.78 is 6.00. The van der Waals surface area contributed by atoms with Crippen molar-refractivity contribution in [3.63, 3.8) is 0 Å². The number of rotatable bonds is 3. The summed E-state index contributed by atoms with van der Waals surface area (Å²) in [6.45, 7) is 2.82. The normalized spacial score (nSPS) is 22.0. The molecule has 0 saturated carbocycles. The van der Waals surface area contributed by atoms with E-state index in [1.165, 1.54) is 5.56 Å². The summed E-state index contributed by atoms with van der Waals surface area (Å²) in [5.41, 5.74) is 2.00. The molecule has 4 nitrogen and oxygen atoms in total. The van der Waals surface area contributed by atoms with Crippen molar-refractivity contribution < 1.29 is 4.74 Å². The highest BCUT2D eigenvalue weighted by Gasteiger charge is 2.24. The monoisotopic (exact) mass is 284 g/mol. The average molecular weight is 284 g/mol. The average Bonchev–Trinajstić information content (AvgIpc) is 2.49. The van der Waals surface area contributed by atoms with Crippen molar-refractivity contribution in [3.8, 4) is 5.75 Å². The minimum atomic E-state index is -0.00643. The van der Waals surface area contributed by atoms with E-state index in [2.05, 4.69) is 23.3 Å².